The van der Waals surface area contributed by atoms with E-state index in [0.29, 0.717) is 6.42 Å². The molecule has 3 rings (SSSR count). The third-order valence-corrected chi connectivity index (χ3v) is 4.07. The molecule has 0 amide bonds. The van der Waals surface area contributed by atoms with E-state index in [9.17, 15) is 9.59 Å². The molecule has 1 fully saturated rings. The van der Waals surface area contributed by atoms with E-state index in [1.165, 1.54) is 7.11 Å². The first kappa shape index (κ1) is 13.6. The number of carbonyl (C=O) groups is 2. The van der Waals surface area contributed by atoms with Crippen molar-refractivity contribution in [3.8, 4) is 0 Å². The minimum atomic E-state index is -1.22. The van der Waals surface area contributed by atoms with Crippen molar-refractivity contribution in [3.05, 3.63) is 48.0 Å². The molecule has 2 aromatic carbocycles. The van der Waals surface area contributed by atoms with Gasteiger partial charge in [-0.15, -0.1) is 0 Å². The summed E-state index contributed by atoms with van der Waals surface area (Å²) in [5.41, 5.74) is -0.319. The molecule has 1 aliphatic heterocycles. The van der Waals surface area contributed by atoms with Crippen molar-refractivity contribution in [2.45, 2.75) is 19.4 Å². The predicted molar refractivity (Wildman–Crippen MR) is 77.5 cm³/mol. The van der Waals surface area contributed by atoms with Gasteiger partial charge in [0.2, 0.25) is 0 Å². The van der Waals surface area contributed by atoms with Gasteiger partial charge in [-0.1, -0.05) is 36.4 Å². The maximum atomic E-state index is 12.0. The Morgan fingerprint density at radius 3 is 2.67 bits per heavy atom. The van der Waals surface area contributed by atoms with E-state index in [2.05, 4.69) is 0 Å². The minimum Gasteiger partial charge on any atom is -0.468 e. The van der Waals surface area contributed by atoms with Crippen molar-refractivity contribution in [1.82, 2.24) is 0 Å². The molecule has 0 aliphatic carbocycles. The Morgan fingerprint density at radius 2 is 1.95 bits per heavy atom. The van der Waals surface area contributed by atoms with Gasteiger partial charge in [0.1, 0.15) is 6.10 Å². The number of fused-ring (bicyclic) bond motifs is 1. The Labute approximate surface area is 122 Å². The van der Waals surface area contributed by atoms with Gasteiger partial charge in [0.15, 0.2) is 5.41 Å². The molecule has 0 unspecified atom stereocenters. The Morgan fingerprint density at radius 1 is 1.24 bits per heavy atom. The molecule has 2 atom stereocenters. The number of benzene rings is 2. The van der Waals surface area contributed by atoms with Gasteiger partial charge in [-0.2, -0.15) is 0 Å². The van der Waals surface area contributed by atoms with Gasteiger partial charge < -0.3 is 9.47 Å². The van der Waals surface area contributed by atoms with Crippen LogP contribution in [0.5, 0.6) is 0 Å². The first-order chi connectivity index (χ1) is 10.0. The van der Waals surface area contributed by atoms with E-state index < -0.39 is 23.5 Å². The average molecular weight is 284 g/mol. The zero-order chi connectivity index (χ0) is 15.0. The summed E-state index contributed by atoms with van der Waals surface area (Å²) in [6.45, 7) is 1.57. The molecule has 0 aromatic heterocycles. The quantitative estimate of drug-likeness (QED) is 0.628. The summed E-state index contributed by atoms with van der Waals surface area (Å²) in [7, 11) is 1.28. The van der Waals surface area contributed by atoms with Gasteiger partial charge in [-0.05, 0) is 29.3 Å². The van der Waals surface area contributed by atoms with Crippen molar-refractivity contribution in [3.63, 3.8) is 0 Å². The van der Waals surface area contributed by atoms with Gasteiger partial charge in [0.25, 0.3) is 0 Å². The van der Waals surface area contributed by atoms with Crippen LogP contribution in [0.2, 0.25) is 0 Å². The number of methoxy groups -OCH3 is 1. The average Bonchev–Trinajstić information content (AvgIpc) is 2.82. The maximum absolute atomic E-state index is 12.0. The Balaban J connectivity index is 1.94. The number of esters is 2. The van der Waals surface area contributed by atoms with Crippen LogP contribution < -0.4 is 0 Å². The topological polar surface area (TPSA) is 52.6 Å². The molecule has 1 saturated heterocycles. The van der Waals surface area contributed by atoms with Crippen LogP contribution in [0, 0.1) is 5.41 Å². The maximum Gasteiger partial charge on any atom is 0.323 e. The summed E-state index contributed by atoms with van der Waals surface area (Å²) in [5.74, 6) is -1.07. The second-order valence-electron chi connectivity index (χ2n) is 5.53. The lowest BCUT2D eigenvalue weighted by molar-refractivity contribution is -0.162. The van der Waals surface area contributed by atoms with Crippen LogP contribution in [0.15, 0.2) is 42.5 Å². The van der Waals surface area contributed by atoms with Crippen LogP contribution >= 0.6 is 0 Å². The standard InChI is InChI=1S/C17H16O4/c1-17(15(18)20-2)10-14(21-16(17)19)13-8-7-11-5-3-4-6-12(11)9-13/h3-9,14H,10H2,1-2H3/t14-,17+/m1/s1. The zero-order valence-electron chi connectivity index (χ0n) is 12.0. The lowest BCUT2D eigenvalue weighted by Gasteiger charge is -2.15. The molecule has 0 radical (unpaired) electrons. The minimum absolute atomic E-state index is 0.302. The van der Waals surface area contributed by atoms with Gasteiger partial charge in [-0.25, -0.2) is 0 Å². The lowest BCUT2D eigenvalue weighted by Crippen LogP contribution is -2.33. The third-order valence-electron chi connectivity index (χ3n) is 4.07. The monoisotopic (exact) mass is 284 g/mol. The molecule has 1 heterocycles. The normalized spacial score (nSPS) is 24.9. The highest BCUT2D eigenvalue weighted by atomic mass is 16.6. The van der Waals surface area contributed by atoms with Crippen LogP contribution in [0.1, 0.15) is 25.0 Å². The summed E-state index contributed by atoms with van der Waals surface area (Å²) in [6.07, 6.45) is -0.108. The van der Waals surface area contributed by atoms with Gasteiger partial charge in [0, 0.05) is 6.42 Å². The number of rotatable bonds is 2. The molecular weight excluding hydrogens is 268 g/mol. The van der Waals surface area contributed by atoms with E-state index in [1.807, 2.05) is 42.5 Å². The number of ether oxygens (including phenoxy) is 2. The molecular formula is C17H16O4. The summed E-state index contributed by atoms with van der Waals surface area (Å²) in [4.78, 5) is 23.8. The van der Waals surface area contributed by atoms with Gasteiger partial charge in [-0.3, -0.25) is 9.59 Å². The molecule has 0 bridgehead atoms. The van der Waals surface area contributed by atoms with Crippen LogP contribution in [0.4, 0.5) is 0 Å². The predicted octanol–water partition coefficient (Wildman–Crippen LogP) is 3.01. The highest BCUT2D eigenvalue weighted by molar-refractivity contribution is 6.01. The molecule has 0 spiro atoms. The Hall–Kier alpha value is -2.36. The summed E-state index contributed by atoms with van der Waals surface area (Å²) in [6, 6.07) is 13.9. The molecule has 21 heavy (non-hydrogen) atoms. The zero-order valence-corrected chi connectivity index (χ0v) is 12.0. The van der Waals surface area contributed by atoms with Crippen molar-refractivity contribution in [2.24, 2.45) is 5.41 Å². The summed E-state index contributed by atoms with van der Waals surface area (Å²) in [5, 5.41) is 2.21. The van der Waals surface area contributed by atoms with Crippen molar-refractivity contribution >= 4 is 22.7 Å². The largest absolute Gasteiger partial charge is 0.468 e. The fourth-order valence-electron chi connectivity index (χ4n) is 2.74. The number of hydrogen-bond acceptors (Lipinski definition) is 4. The van der Waals surface area contributed by atoms with E-state index >= 15 is 0 Å². The van der Waals surface area contributed by atoms with Crippen LogP contribution in [-0.4, -0.2) is 19.0 Å². The molecule has 4 heteroatoms. The first-order valence-electron chi connectivity index (χ1n) is 6.83. The van der Waals surface area contributed by atoms with Gasteiger partial charge in [0.05, 0.1) is 7.11 Å². The molecule has 108 valence electrons. The molecule has 0 N–H and O–H groups in total. The van der Waals surface area contributed by atoms with E-state index in [1.54, 1.807) is 6.92 Å². The number of hydrogen-bond donors (Lipinski definition) is 0. The third kappa shape index (κ3) is 2.17. The van der Waals surface area contributed by atoms with Crippen molar-refractivity contribution in [1.29, 1.82) is 0 Å². The van der Waals surface area contributed by atoms with Crippen LogP contribution in [0.3, 0.4) is 0 Å². The molecule has 0 saturated carbocycles. The van der Waals surface area contributed by atoms with Crippen molar-refractivity contribution < 1.29 is 19.1 Å². The second-order valence-corrected chi connectivity index (χ2v) is 5.53. The fourth-order valence-corrected chi connectivity index (χ4v) is 2.74. The van der Waals surface area contributed by atoms with Gasteiger partial charge >= 0.3 is 11.9 Å². The SMILES string of the molecule is COC(=O)[C@]1(C)C[C@H](c2ccc3ccccc3c2)OC1=O. The molecule has 1 aliphatic rings. The summed E-state index contributed by atoms with van der Waals surface area (Å²) >= 11 is 0. The van der Waals surface area contributed by atoms with E-state index in [4.69, 9.17) is 9.47 Å². The van der Waals surface area contributed by atoms with E-state index in [0.717, 1.165) is 16.3 Å². The smallest absolute Gasteiger partial charge is 0.323 e. The highest BCUT2D eigenvalue weighted by Crippen LogP contribution is 2.43. The summed E-state index contributed by atoms with van der Waals surface area (Å²) < 4.78 is 10.1. The van der Waals surface area contributed by atoms with Crippen molar-refractivity contribution in [2.75, 3.05) is 7.11 Å². The number of carbonyl (C=O) groups excluding carboxylic acids is 2. The fraction of sp³-hybridized carbons (Fsp3) is 0.294. The lowest BCUT2D eigenvalue weighted by atomic mass is 9.85. The molecule has 2 aromatic rings. The van der Waals surface area contributed by atoms with Crippen LogP contribution in [0.25, 0.3) is 10.8 Å². The Kier molecular flexibility index (Phi) is 3.16. The van der Waals surface area contributed by atoms with Crippen LogP contribution in [-0.2, 0) is 19.1 Å². The van der Waals surface area contributed by atoms with E-state index in [-0.39, 0.29) is 0 Å². The Bertz CT molecular complexity index is 722. The first-order valence-corrected chi connectivity index (χ1v) is 6.83. The molecule has 4 nitrogen and oxygen atoms in total. The number of cyclic esters (lactones) is 1. The second kappa shape index (κ2) is 4.88. The highest BCUT2D eigenvalue weighted by Gasteiger charge is 2.52.